The Balaban J connectivity index is 2.13. The van der Waals surface area contributed by atoms with E-state index in [4.69, 9.17) is 5.73 Å². The van der Waals surface area contributed by atoms with E-state index in [0.717, 1.165) is 18.5 Å². The highest BCUT2D eigenvalue weighted by atomic mass is 16.2. The summed E-state index contributed by atoms with van der Waals surface area (Å²) in [6.07, 6.45) is 4.85. The van der Waals surface area contributed by atoms with E-state index in [9.17, 15) is 4.79 Å². The Morgan fingerprint density at radius 1 is 1.29 bits per heavy atom. The molecule has 0 radical (unpaired) electrons. The predicted molar refractivity (Wildman–Crippen MR) is 83.4 cm³/mol. The standard InChI is InChI=1S/C16H22N4O/c1-3-16(17,4-2)11-19-15(21)14-10-18-12-20(14)13-8-6-5-7-9-13/h5-10,12H,3-4,11,17H2,1-2H3,(H,19,21). The number of para-hydroxylation sites is 1. The van der Waals surface area contributed by atoms with E-state index in [-0.39, 0.29) is 11.4 Å². The maximum atomic E-state index is 12.4. The van der Waals surface area contributed by atoms with Gasteiger partial charge >= 0.3 is 0 Å². The van der Waals surface area contributed by atoms with Gasteiger partial charge in [0.2, 0.25) is 0 Å². The average molecular weight is 286 g/mol. The average Bonchev–Trinajstić information content (AvgIpc) is 3.03. The number of rotatable bonds is 6. The summed E-state index contributed by atoms with van der Waals surface area (Å²) in [6.45, 7) is 4.52. The van der Waals surface area contributed by atoms with Crippen molar-refractivity contribution in [3.8, 4) is 5.69 Å². The summed E-state index contributed by atoms with van der Waals surface area (Å²) in [5.41, 5.74) is 7.27. The summed E-state index contributed by atoms with van der Waals surface area (Å²) in [5, 5.41) is 2.91. The molecule has 0 bridgehead atoms. The number of hydrogen-bond acceptors (Lipinski definition) is 3. The Morgan fingerprint density at radius 3 is 2.57 bits per heavy atom. The first-order valence-corrected chi connectivity index (χ1v) is 7.24. The van der Waals surface area contributed by atoms with E-state index < -0.39 is 0 Å². The minimum atomic E-state index is -0.354. The normalized spacial score (nSPS) is 11.4. The van der Waals surface area contributed by atoms with Crippen molar-refractivity contribution >= 4 is 5.91 Å². The van der Waals surface area contributed by atoms with Crippen molar-refractivity contribution in [3.63, 3.8) is 0 Å². The molecule has 0 aliphatic rings. The topological polar surface area (TPSA) is 72.9 Å². The van der Waals surface area contributed by atoms with E-state index in [2.05, 4.69) is 10.3 Å². The monoisotopic (exact) mass is 286 g/mol. The van der Waals surface area contributed by atoms with E-state index >= 15 is 0 Å². The van der Waals surface area contributed by atoms with Crippen LogP contribution in [0.25, 0.3) is 5.69 Å². The number of hydrogen-bond donors (Lipinski definition) is 2. The minimum Gasteiger partial charge on any atom is -0.349 e. The lowest BCUT2D eigenvalue weighted by molar-refractivity contribution is 0.0935. The highest BCUT2D eigenvalue weighted by Gasteiger charge is 2.22. The highest BCUT2D eigenvalue weighted by molar-refractivity contribution is 5.93. The van der Waals surface area contributed by atoms with Crippen LogP contribution in [0.1, 0.15) is 37.2 Å². The molecule has 1 aromatic carbocycles. The second-order valence-electron chi connectivity index (χ2n) is 5.24. The maximum absolute atomic E-state index is 12.4. The molecule has 21 heavy (non-hydrogen) atoms. The third kappa shape index (κ3) is 3.49. The first-order valence-electron chi connectivity index (χ1n) is 7.24. The van der Waals surface area contributed by atoms with Crippen molar-refractivity contribution in [2.45, 2.75) is 32.2 Å². The second-order valence-corrected chi connectivity index (χ2v) is 5.24. The third-order valence-corrected chi connectivity index (χ3v) is 3.91. The molecule has 0 aliphatic carbocycles. The molecule has 2 rings (SSSR count). The van der Waals surface area contributed by atoms with Gasteiger partial charge in [-0.15, -0.1) is 0 Å². The van der Waals surface area contributed by atoms with Gasteiger partial charge in [-0.2, -0.15) is 0 Å². The van der Waals surface area contributed by atoms with Crippen molar-refractivity contribution in [3.05, 3.63) is 48.5 Å². The quantitative estimate of drug-likeness (QED) is 0.854. The number of imidazole rings is 1. The van der Waals surface area contributed by atoms with Crippen molar-refractivity contribution in [1.82, 2.24) is 14.9 Å². The molecule has 0 spiro atoms. The minimum absolute atomic E-state index is 0.159. The first kappa shape index (κ1) is 15.3. The van der Waals surface area contributed by atoms with Gasteiger partial charge in [-0.25, -0.2) is 4.98 Å². The summed E-state index contributed by atoms with van der Waals surface area (Å²) in [5.74, 6) is -0.159. The maximum Gasteiger partial charge on any atom is 0.269 e. The van der Waals surface area contributed by atoms with E-state index in [1.54, 1.807) is 17.1 Å². The molecule has 3 N–H and O–H groups in total. The molecule has 2 aromatic rings. The van der Waals surface area contributed by atoms with Crippen LogP contribution in [0.5, 0.6) is 0 Å². The van der Waals surface area contributed by atoms with E-state index in [1.807, 2.05) is 44.2 Å². The summed E-state index contributed by atoms with van der Waals surface area (Å²) < 4.78 is 1.77. The summed E-state index contributed by atoms with van der Waals surface area (Å²) in [4.78, 5) is 16.4. The molecule has 5 heteroatoms. The number of benzene rings is 1. The van der Waals surface area contributed by atoms with Gasteiger partial charge in [-0.05, 0) is 25.0 Å². The van der Waals surface area contributed by atoms with Crippen LogP contribution >= 0.6 is 0 Å². The van der Waals surface area contributed by atoms with E-state index in [0.29, 0.717) is 12.2 Å². The van der Waals surface area contributed by atoms with Crippen LogP contribution in [0.3, 0.4) is 0 Å². The first-order chi connectivity index (χ1) is 10.1. The number of nitrogens with zero attached hydrogens (tertiary/aromatic N) is 2. The molecule has 0 fully saturated rings. The predicted octanol–water partition coefficient (Wildman–Crippen LogP) is 2.12. The fraction of sp³-hybridized carbons (Fsp3) is 0.375. The Morgan fingerprint density at radius 2 is 1.95 bits per heavy atom. The lowest BCUT2D eigenvalue weighted by Gasteiger charge is -2.26. The van der Waals surface area contributed by atoms with Gasteiger partial charge in [0.25, 0.3) is 5.91 Å². The SMILES string of the molecule is CCC(N)(CC)CNC(=O)c1cncn1-c1ccccc1. The zero-order valence-electron chi connectivity index (χ0n) is 12.5. The zero-order valence-corrected chi connectivity index (χ0v) is 12.5. The second kappa shape index (κ2) is 6.54. The Kier molecular flexibility index (Phi) is 4.75. The smallest absolute Gasteiger partial charge is 0.269 e. The molecule has 112 valence electrons. The van der Waals surface area contributed by atoms with Crippen molar-refractivity contribution in [2.75, 3.05) is 6.54 Å². The number of aromatic nitrogens is 2. The lowest BCUT2D eigenvalue weighted by atomic mass is 9.94. The molecule has 0 saturated carbocycles. The van der Waals surface area contributed by atoms with Crippen molar-refractivity contribution in [2.24, 2.45) is 5.73 Å². The molecule has 1 heterocycles. The van der Waals surface area contributed by atoms with Gasteiger partial charge in [0.15, 0.2) is 0 Å². The lowest BCUT2D eigenvalue weighted by Crippen LogP contribution is -2.49. The largest absolute Gasteiger partial charge is 0.349 e. The van der Waals surface area contributed by atoms with Gasteiger partial charge in [0.05, 0.1) is 12.5 Å². The summed E-state index contributed by atoms with van der Waals surface area (Å²) >= 11 is 0. The third-order valence-electron chi connectivity index (χ3n) is 3.91. The summed E-state index contributed by atoms with van der Waals surface area (Å²) in [7, 11) is 0. The number of nitrogens with two attached hydrogens (primary N) is 1. The molecule has 1 amide bonds. The van der Waals surface area contributed by atoms with Crippen LogP contribution in [-0.4, -0.2) is 27.5 Å². The van der Waals surface area contributed by atoms with Crippen LogP contribution < -0.4 is 11.1 Å². The van der Waals surface area contributed by atoms with Crippen LogP contribution in [0.2, 0.25) is 0 Å². The molecule has 1 aromatic heterocycles. The number of amides is 1. The fourth-order valence-corrected chi connectivity index (χ4v) is 2.10. The summed E-state index contributed by atoms with van der Waals surface area (Å²) in [6, 6.07) is 9.66. The molecule has 5 nitrogen and oxygen atoms in total. The Bertz CT molecular complexity index is 587. The fourth-order valence-electron chi connectivity index (χ4n) is 2.10. The van der Waals surface area contributed by atoms with Crippen LogP contribution in [0.4, 0.5) is 0 Å². The Labute approximate surface area is 125 Å². The number of carbonyl (C=O) groups excluding carboxylic acids is 1. The van der Waals surface area contributed by atoms with Crippen LogP contribution in [0, 0.1) is 0 Å². The Hall–Kier alpha value is -2.14. The van der Waals surface area contributed by atoms with Crippen molar-refractivity contribution in [1.29, 1.82) is 0 Å². The van der Waals surface area contributed by atoms with Gasteiger partial charge in [0, 0.05) is 17.8 Å². The zero-order chi connectivity index (χ0) is 15.3. The molecule has 0 atom stereocenters. The van der Waals surface area contributed by atoms with Gasteiger partial charge in [-0.3, -0.25) is 9.36 Å². The molecule has 0 saturated heterocycles. The van der Waals surface area contributed by atoms with Gasteiger partial charge in [0.1, 0.15) is 5.69 Å². The number of nitrogens with one attached hydrogen (secondary N) is 1. The van der Waals surface area contributed by atoms with Crippen molar-refractivity contribution < 1.29 is 4.79 Å². The molecular weight excluding hydrogens is 264 g/mol. The van der Waals surface area contributed by atoms with Crippen LogP contribution in [-0.2, 0) is 0 Å². The highest BCUT2D eigenvalue weighted by Crippen LogP contribution is 2.12. The van der Waals surface area contributed by atoms with Gasteiger partial charge < -0.3 is 11.1 Å². The van der Waals surface area contributed by atoms with Crippen LogP contribution in [0.15, 0.2) is 42.9 Å². The van der Waals surface area contributed by atoms with Gasteiger partial charge in [-0.1, -0.05) is 32.0 Å². The van der Waals surface area contributed by atoms with E-state index in [1.165, 1.54) is 0 Å². The number of carbonyl (C=O) groups is 1. The molecule has 0 unspecified atom stereocenters. The molecular formula is C16H22N4O. The molecule has 0 aliphatic heterocycles.